The van der Waals surface area contributed by atoms with Gasteiger partial charge < -0.3 is 14.9 Å². The minimum atomic E-state index is -0.527. The lowest BCUT2D eigenvalue weighted by Crippen LogP contribution is -2.14. The number of H-pyrrole nitrogens is 1. The highest BCUT2D eigenvalue weighted by molar-refractivity contribution is 6.17. The van der Waals surface area contributed by atoms with E-state index in [1.807, 2.05) is 0 Å². The molecule has 0 bridgehead atoms. The smallest absolute Gasteiger partial charge is 0.217 e. The molecule has 0 spiro atoms. The van der Waals surface area contributed by atoms with Gasteiger partial charge in [0.15, 0.2) is 11.5 Å². The van der Waals surface area contributed by atoms with Gasteiger partial charge in [0, 0.05) is 17.0 Å². The molecule has 0 saturated carbocycles. The number of hydrogen-bond acceptors (Lipinski definition) is 8. The van der Waals surface area contributed by atoms with Gasteiger partial charge >= 0.3 is 0 Å². The van der Waals surface area contributed by atoms with E-state index in [0.717, 1.165) is 25.7 Å². The molecule has 0 unspecified atom stereocenters. The number of aromatic nitrogens is 4. The number of nitrogen functional groups attached to an aromatic ring is 1. The maximum absolute atomic E-state index is 13.2. The van der Waals surface area contributed by atoms with Crippen molar-refractivity contribution in [2.45, 2.75) is 25.7 Å². The molecule has 9 nitrogen and oxygen atoms in total. The molecule has 0 fully saturated rings. The van der Waals surface area contributed by atoms with E-state index in [2.05, 4.69) is 20.6 Å². The number of aromatic amines is 1. The van der Waals surface area contributed by atoms with Crippen LogP contribution in [0.5, 0.6) is 5.75 Å². The van der Waals surface area contributed by atoms with Gasteiger partial charge in [-0.3, -0.25) is 9.59 Å². The SMILES string of the molecule is Nc1c(-c2nnn[nH]2)oc2cccc(C(=O)c3ccc(OCCCCCCCl)cc3)c2c1=O. The second-order valence-electron chi connectivity index (χ2n) is 7.41. The zero-order valence-electron chi connectivity index (χ0n) is 17.7. The molecule has 4 rings (SSSR count). The molecular formula is C23H22ClN5O4. The first-order valence-corrected chi connectivity index (χ1v) is 11.1. The summed E-state index contributed by atoms with van der Waals surface area (Å²) in [6.07, 6.45) is 4.09. The molecule has 0 saturated heterocycles. The minimum absolute atomic E-state index is 0.0197. The van der Waals surface area contributed by atoms with Crippen molar-refractivity contribution in [1.29, 1.82) is 0 Å². The second-order valence-corrected chi connectivity index (χ2v) is 7.79. The zero-order valence-corrected chi connectivity index (χ0v) is 18.5. The molecule has 0 amide bonds. The van der Waals surface area contributed by atoms with Crippen LogP contribution in [-0.2, 0) is 0 Å². The summed E-state index contributed by atoms with van der Waals surface area (Å²) in [7, 11) is 0. The molecule has 4 aromatic rings. The number of halogens is 1. The summed E-state index contributed by atoms with van der Waals surface area (Å²) in [5.74, 6) is 1.18. The van der Waals surface area contributed by atoms with E-state index >= 15 is 0 Å². The van der Waals surface area contributed by atoms with E-state index in [-0.39, 0.29) is 39.6 Å². The molecule has 10 heteroatoms. The number of ether oxygens (including phenoxy) is 1. The summed E-state index contributed by atoms with van der Waals surface area (Å²) >= 11 is 5.68. The van der Waals surface area contributed by atoms with Gasteiger partial charge in [-0.2, -0.15) is 0 Å². The monoisotopic (exact) mass is 467 g/mol. The summed E-state index contributed by atoms with van der Waals surface area (Å²) in [6.45, 7) is 0.599. The molecule has 0 atom stereocenters. The number of unbranched alkanes of at least 4 members (excludes halogenated alkanes) is 3. The molecule has 33 heavy (non-hydrogen) atoms. The van der Waals surface area contributed by atoms with Crippen molar-refractivity contribution in [2.75, 3.05) is 18.2 Å². The number of nitrogens with zero attached hydrogens (tertiary/aromatic N) is 3. The Morgan fingerprint density at radius 2 is 1.88 bits per heavy atom. The fourth-order valence-electron chi connectivity index (χ4n) is 3.47. The topological polar surface area (TPSA) is 137 Å². The molecule has 170 valence electrons. The van der Waals surface area contributed by atoms with Crippen LogP contribution in [0.3, 0.4) is 0 Å². The molecule has 0 radical (unpaired) electrons. The van der Waals surface area contributed by atoms with E-state index in [0.29, 0.717) is 23.8 Å². The van der Waals surface area contributed by atoms with Crippen LogP contribution in [0.25, 0.3) is 22.6 Å². The molecule has 0 aliphatic heterocycles. The molecule has 2 aromatic carbocycles. The third kappa shape index (κ3) is 4.88. The molecule has 0 aliphatic carbocycles. The molecule has 3 N–H and O–H groups in total. The summed E-state index contributed by atoms with van der Waals surface area (Å²) < 4.78 is 11.5. The molecule has 2 heterocycles. The Bertz CT molecular complexity index is 1300. The fourth-order valence-corrected chi connectivity index (χ4v) is 3.66. The van der Waals surface area contributed by atoms with Crippen molar-refractivity contribution in [3.63, 3.8) is 0 Å². The number of hydrogen-bond donors (Lipinski definition) is 2. The van der Waals surface area contributed by atoms with Gasteiger partial charge in [0.2, 0.25) is 11.3 Å². The van der Waals surface area contributed by atoms with Crippen LogP contribution in [-0.4, -0.2) is 38.9 Å². The highest BCUT2D eigenvalue weighted by Crippen LogP contribution is 2.27. The lowest BCUT2D eigenvalue weighted by molar-refractivity contribution is 0.104. The molecular weight excluding hydrogens is 446 g/mol. The number of nitrogens with one attached hydrogen (secondary N) is 1. The van der Waals surface area contributed by atoms with Crippen LogP contribution >= 0.6 is 11.6 Å². The second kappa shape index (κ2) is 10.3. The average Bonchev–Trinajstić information content (AvgIpc) is 3.38. The van der Waals surface area contributed by atoms with Crippen molar-refractivity contribution in [2.24, 2.45) is 0 Å². The number of carbonyl (C=O) groups excluding carboxylic acids is 1. The first kappa shape index (κ1) is 22.5. The lowest BCUT2D eigenvalue weighted by atomic mass is 9.98. The van der Waals surface area contributed by atoms with E-state index in [4.69, 9.17) is 26.5 Å². The van der Waals surface area contributed by atoms with Gasteiger partial charge in [-0.25, -0.2) is 5.10 Å². The van der Waals surface area contributed by atoms with Gasteiger partial charge in [-0.15, -0.1) is 16.7 Å². The predicted molar refractivity (Wildman–Crippen MR) is 125 cm³/mol. The van der Waals surface area contributed by atoms with Crippen molar-refractivity contribution in [1.82, 2.24) is 20.6 Å². The van der Waals surface area contributed by atoms with Crippen LogP contribution in [0.1, 0.15) is 41.6 Å². The van der Waals surface area contributed by atoms with Crippen LogP contribution in [0, 0.1) is 0 Å². The zero-order chi connectivity index (χ0) is 23.2. The van der Waals surface area contributed by atoms with Crippen LogP contribution in [0.2, 0.25) is 0 Å². The molecule has 0 aliphatic rings. The summed E-state index contributed by atoms with van der Waals surface area (Å²) in [5, 5.41) is 13.3. The normalized spacial score (nSPS) is 11.1. The number of nitrogens with two attached hydrogens (primary N) is 1. The van der Waals surface area contributed by atoms with E-state index in [9.17, 15) is 9.59 Å². The fraction of sp³-hybridized carbons (Fsp3) is 0.261. The van der Waals surface area contributed by atoms with Gasteiger partial charge in [0.1, 0.15) is 17.0 Å². The number of carbonyl (C=O) groups is 1. The number of benzene rings is 2. The summed E-state index contributed by atoms with van der Waals surface area (Å²) in [4.78, 5) is 26.2. The Morgan fingerprint density at radius 3 is 2.61 bits per heavy atom. The Kier molecular flexibility index (Phi) is 6.99. The van der Waals surface area contributed by atoms with Gasteiger partial charge in [0.05, 0.1) is 12.0 Å². The maximum Gasteiger partial charge on any atom is 0.217 e. The Labute approximate surface area is 193 Å². The largest absolute Gasteiger partial charge is 0.494 e. The predicted octanol–water partition coefficient (Wildman–Crippen LogP) is 3.96. The van der Waals surface area contributed by atoms with Crippen molar-refractivity contribution < 1.29 is 13.9 Å². The number of anilines is 1. The first-order valence-electron chi connectivity index (χ1n) is 10.5. The van der Waals surface area contributed by atoms with Crippen molar-refractivity contribution in [3.8, 4) is 17.3 Å². The number of fused-ring (bicyclic) bond motifs is 1. The first-order chi connectivity index (χ1) is 16.1. The summed E-state index contributed by atoms with van der Waals surface area (Å²) in [6, 6.07) is 11.6. The molecule has 2 aromatic heterocycles. The van der Waals surface area contributed by atoms with Crippen LogP contribution in [0.15, 0.2) is 51.7 Å². The van der Waals surface area contributed by atoms with E-state index < -0.39 is 5.43 Å². The van der Waals surface area contributed by atoms with Gasteiger partial charge in [-0.1, -0.05) is 25.0 Å². The number of tetrazole rings is 1. The van der Waals surface area contributed by atoms with Crippen molar-refractivity contribution in [3.05, 3.63) is 63.8 Å². The Morgan fingerprint density at radius 1 is 1.09 bits per heavy atom. The Hall–Kier alpha value is -3.72. The highest BCUT2D eigenvalue weighted by atomic mass is 35.5. The third-order valence-corrected chi connectivity index (χ3v) is 5.44. The van der Waals surface area contributed by atoms with Gasteiger partial charge in [-0.05, 0) is 53.6 Å². The maximum atomic E-state index is 13.2. The van der Waals surface area contributed by atoms with E-state index in [1.165, 1.54) is 0 Å². The minimum Gasteiger partial charge on any atom is -0.494 e. The average molecular weight is 468 g/mol. The van der Waals surface area contributed by atoms with Crippen LogP contribution < -0.4 is 15.9 Å². The van der Waals surface area contributed by atoms with Crippen molar-refractivity contribution >= 4 is 34.0 Å². The number of ketones is 1. The highest BCUT2D eigenvalue weighted by Gasteiger charge is 2.21. The van der Waals surface area contributed by atoms with Crippen LogP contribution in [0.4, 0.5) is 5.69 Å². The summed E-state index contributed by atoms with van der Waals surface area (Å²) in [5.41, 5.74) is 6.11. The van der Waals surface area contributed by atoms with E-state index in [1.54, 1.807) is 42.5 Å². The lowest BCUT2D eigenvalue weighted by Gasteiger charge is -2.09. The van der Waals surface area contributed by atoms with Gasteiger partial charge in [0.25, 0.3) is 0 Å². The Balaban J connectivity index is 1.56. The number of rotatable bonds is 10. The number of alkyl halides is 1. The quantitative estimate of drug-likeness (QED) is 0.203. The third-order valence-electron chi connectivity index (χ3n) is 5.17. The standard InChI is InChI=1S/C23H22ClN5O4/c24-12-3-1-2-4-13-32-15-10-8-14(9-11-15)20(30)16-6-5-7-17-18(16)21(31)19(25)22(33-17)23-26-28-29-27-23/h5-11H,1-4,12-13,25H2,(H,26,27,28,29).